The number of aromatic nitrogens is 1. The molecule has 0 atom stereocenters. The maximum Gasteiger partial charge on any atom is 0.162 e. The minimum absolute atomic E-state index is 0.146. The second-order valence-electron chi connectivity index (χ2n) is 4.67. The first-order valence-electron chi connectivity index (χ1n) is 6.87. The van der Waals surface area contributed by atoms with Crippen molar-refractivity contribution < 1.29 is 9.53 Å². The number of hydrogen-bond donors (Lipinski definition) is 0. The Morgan fingerprint density at radius 1 is 1.14 bits per heavy atom. The number of fused-ring (bicyclic) bond motifs is 1. The summed E-state index contributed by atoms with van der Waals surface area (Å²) in [7, 11) is 0. The zero-order chi connectivity index (χ0) is 14.7. The van der Waals surface area contributed by atoms with Gasteiger partial charge in [0.1, 0.15) is 17.4 Å². The van der Waals surface area contributed by atoms with Gasteiger partial charge in [-0.05, 0) is 36.4 Å². The molecule has 0 bridgehead atoms. The van der Waals surface area contributed by atoms with Gasteiger partial charge in [0.2, 0.25) is 0 Å². The summed E-state index contributed by atoms with van der Waals surface area (Å²) >= 11 is 1.64. The highest BCUT2D eigenvalue weighted by Gasteiger charge is 2.05. The molecular formula is C17H15NO2S. The number of rotatable bonds is 5. The van der Waals surface area contributed by atoms with Crippen molar-refractivity contribution in [3.63, 3.8) is 0 Å². The standard InChI is InChI=1S/C17H15NO2S/c1-2-15(19)12-7-9-13(10-8-12)20-11-17-18-14-5-3-4-6-16(14)21-17/h3-10H,2,11H2,1H3. The first-order valence-corrected chi connectivity index (χ1v) is 7.68. The molecule has 0 unspecified atom stereocenters. The Morgan fingerprint density at radius 2 is 1.90 bits per heavy atom. The minimum atomic E-state index is 0.146. The number of Topliss-reactive ketones (excluding diaryl/α,β-unsaturated/α-hetero) is 1. The summed E-state index contributed by atoms with van der Waals surface area (Å²) in [6.45, 7) is 2.31. The lowest BCUT2D eigenvalue weighted by atomic mass is 10.1. The second-order valence-corrected chi connectivity index (χ2v) is 5.78. The van der Waals surface area contributed by atoms with Crippen LogP contribution in [0.4, 0.5) is 0 Å². The maximum atomic E-state index is 11.6. The van der Waals surface area contributed by atoms with Crippen LogP contribution in [0.3, 0.4) is 0 Å². The summed E-state index contributed by atoms with van der Waals surface area (Å²) in [5.74, 6) is 0.898. The van der Waals surface area contributed by atoms with E-state index in [4.69, 9.17) is 4.74 Å². The van der Waals surface area contributed by atoms with Crippen LogP contribution in [-0.4, -0.2) is 10.8 Å². The molecule has 1 aromatic heterocycles. The van der Waals surface area contributed by atoms with E-state index in [1.807, 2.05) is 37.3 Å². The van der Waals surface area contributed by atoms with Crippen LogP contribution in [0.15, 0.2) is 48.5 Å². The smallest absolute Gasteiger partial charge is 0.162 e. The summed E-state index contributed by atoms with van der Waals surface area (Å²) in [5, 5.41) is 0.949. The molecule has 0 spiro atoms. The van der Waals surface area contributed by atoms with Gasteiger partial charge < -0.3 is 4.74 Å². The molecule has 0 aliphatic carbocycles. The Hall–Kier alpha value is -2.20. The third kappa shape index (κ3) is 3.11. The van der Waals surface area contributed by atoms with Crippen LogP contribution in [-0.2, 0) is 6.61 Å². The average molecular weight is 297 g/mol. The SMILES string of the molecule is CCC(=O)c1ccc(OCc2nc3ccccc3s2)cc1. The van der Waals surface area contributed by atoms with Crippen molar-refractivity contribution in [2.45, 2.75) is 20.0 Å². The number of ether oxygens (including phenoxy) is 1. The van der Waals surface area contributed by atoms with Gasteiger partial charge in [-0.1, -0.05) is 19.1 Å². The van der Waals surface area contributed by atoms with E-state index in [0.29, 0.717) is 13.0 Å². The molecule has 3 nitrogen and oxygen atoms in total. The van der Waals surface area contributed by atoms with Crippen LogP contribution in [0.25, 0.3) is 10.2 Å². The molecule has 4 heteroatoms. The summed E-state index contributed by atoms with van der Waals surface area (Å²) in [4.78, 5) is 16.1. The average Bonchev–Trinajstić information content (AvgIpc) is 2.95. The molecular weight excluding hydrogens is 282 g/mol. The lowest BCUT2D eigenvalue weighted by molar-refractivity contribution is 0.0988. The lowest BCUT2D eigenvalue weighted by Gasteiger charge is -2.04. The van der Waals surface area contributed by atoms with E-state index in [1.165, 1.54) is 4.70 Å². The van der Waals surface area contributed by atoms with Crippen LogP contribution in [0.2, 0.25) is 0 Å². The second kappa shape index (κ2) is 6.06. The predicted octanol–water partition coefficient (Wildman–Crippen LogP) is 4.47. The maximum absolute atomic E-state index is 11.6. The lowest BCUT2D eigenvalue weighted by Crippen LogP contribution is -1.98. The first kappa shape index (κ1) is 13.8. The van der Waals surface area contributed by atoms with Gasteiger partial charge in [-0.15, -0.1) is 11.3 Å². The molecule has 2 aromatic carbocycles. The van der Waals surface area contributed by atoms with Crippen LogP contribution in [0.1, 0.15) is 28.7 Å². The van der Waals surface area contributed by atoms with Gasteiger partial charge in [-0.2, -0.15) is 0 Å². The van der Waals surface area contributed by atoms with E-state index in [1.54, 1.807) is 23.5 Å². The quantitative estimate of drug-likeness (QED) is 0.652. The molecule has 0 radical (unpaired) electrons. The molecule has 21 heavy (non-hydrogen) atoms. The molecule has 0 fully saturated rings. The minimum Gasteiger partial charge on any atom is -0.486 e. The highest BCUT2D eigenvalue weighted by Crippen LogP contribution is 2.23. The van der Waals surface area contributed by atoms with Crippen molar-refractivity contribution in [2.24, 2.45) is 0 Å². The molecule has 0 saturated heterocycles. The summed E-state index contributed by atoms with van der Waals surface area (Å²) in [6.07, 6.45) is 0.520. The largest absolute Gasteiger partial charge is 0.486 e. The summed E-state index contributed by atoms with van der Waals surface area (Å²) < 4.78 is 6.89. The van der Waals surface area contributed by atoms with Crippen molar-refractivity contribution >= 4 is 27.3 Å². The fourth-order valence-corrected chi connectivity index (χ4v) is 2.95. The van der Waals surface area contributed by atoms with E-state index >= 15 is 0 Å². The van der Waals surface area contributed by atoms with Crippen molar-refractivity contribution in [2.75, 3.05) is 0 Å². The van der Waals surface area contributed by atoms with E-state index in [9.17, 15) is 4.79 Å². The molecule has 0 aliphatic rings. The molecule has 0 saturated carbocycles. The monoisotopic (exact) mass is 297 g/mol. The Kier molecular flexibility index (Phi) is 3.97. The highest BCUT2D eigenvalue weighted by atomic mass is 32.1. The normalized spacial score (nSPS) is 10.7. The van der Waals surface area contributed by atoms with Crippen molar-refractivity contribution in [1.29, 1.82) is 0 Å². The van der Waals surface area contributed by atoms with E-state index in [-0.39, 0.29) is 5.78 Å². The molecule has 3 aromatic rings. The number of benzene rings is 2. The topological polar surface area (TPSA) is 39.2 Å². The molecule has 1 heterocycles. The van der Waals surface area contributed by atoms with Gasteiger partial charge in [-0.25, -0.2) is 4.98 Å². The van der Waals surface area contributed by atoms with E-state index in [0.717, 1.165) is 21.8 Å². The highest BCUT2D eigenvalue weighted by molar-refractivity contribution is 7.18. The van der Waals surface area contributed by atoms with Crippen LogP contribution in [0, 0.1) is 0 Å². The summed E-state index contributed by atoms with van der Waals surface area (Å²) in [5.41, 5.74) is 1.73. The van der Waals surface area contributed by atoms with Gasteiger partial charge in [-0.3, -0.25) is 4.79 Å². The molecule has 0 N–H and O–H groups in total. The molecule has 0 amide bonds. The third-order valence-corrected chi connectivity index (χ3v) is 4.21. The van der Waals surface area contributed by atoms with Gasteiger partial charge in [0, 0.05) is 12.0 Å². The summed E-state index contributed by atoms with van der Waals surface area (Å²) in [6, 6.07) is 15.3. The van der Waals surface area contributed by atoms with E-state index < -0.39 is 0 Å². The van der Waals surface area contributed by atoms with Crippen LogP contribution < -0.4 is 4.74 Å². The van der Waals surface area contributed by atoms with Gasteiger partial charge in [0.15, 0.2) is 5.78 Å². The molecule has 0 aliphatic heterocycles. The predicted molar refractivity (Wildman–Crippen MR) is 85.0 cm³/mol. The van der Waals surface area contributed by atoms with E-state index in [2.05, 4.69) is 11.1 Å². The number of hydrogen-bond acceptors (Lipinski definition) is 4. The number of para-hydroxylation sites is 1. The van der Waals surface area contributed by atoms with Gasteiger partial charge in [0.05, 0.1) is 10.2 Å². The Balaban J connectivity index is 1.68. The zero-order valence-electron chi connectivity index (χ0n) is 11.7. The van der Waals surface area contributed by atoms with Crippen molar-refractivity contribution in [3.8, 4) is 5.75 Å². The van der Waals surface area contributed by atoms with Crippen molar-refractivity contribution in [3.05, 3.63) is 59.1 Å². The number of nitrogens with zero attached hydrogens (tertiary/aromatic N) is 1. The number of carbonyl (C=O) groups is 1. The Bertz CT molecular complexity index is 729. The van der Waals surface area contributed by atoms with Crippen LogP contribution in [0.5, 0.6) is 5.75 Å². The zero-order valence-corrected chi connectivity index (χ0v) is 12.5. The first-order chi connectivity index (χ1) is 10.3. The molecule has 106 valence electrons. The van der Waals surface area contributed by atoms with Crippen LogP contribution >= 0.6 is 11.3 Å². The molecule has 3 rings (SSSR count). The Morgan fingerprint density at radius 3 is 2.62 bits per heavy atom. The number of carbonyl (C=O) groups excluding carboxylic acids is 1. The third-order valence-electron chi connectivity index (χ3n) is 3.20. The fourth-order valence-electron chi connectivity index (χ4n) is 2.07. The number of thiazole rings is 1. The fraction of sp³-hybridized carbons (Fsp3) is 0.176. The van der Waals surface area contributed by atoms with Gasteiger partial charge >= 0.3 is 0 Å². The van der Waals surface area contributed by atoms with Crippen molar-refractivity contribution in [1.82, 2.24) is 4.98 Å². The van der Waals surface area contributed by atoms with Gasteiger partial charge in [0.25, 0.3) is 0 Å². The Labute approximate surface area is 127 Å². The number of ketones is 1.